The van der Waals surface area contributed by atoms with E-state index in [4.69, 9.17) is 0 Å². The minimum Gasteiger partial charge on any atom is -0.355 e. The number of fused-ring (bicyclic) bond motifs is 1. The van der Waals surface area contributed by atoms with E-state index in [1.54, 1.807) is 0 Å². The third kappa shape index (κ3) is 3.26. The van der Waals surface area contributed by atoms with Crippen LogP contribution in [0.25, 0.3) is 11.0 Å². The smallest absolute Gasteiger partial charge is 0.326 e. The molecule has 0 bridgehead atoms. The topological polar surface area (TPSA) is 66.9 Å². The van der Waals surface area contributed by atoms with Gasteiger partial charge in [-0.25, -0.2) is 9.18 Å². The van der Waals surface area contributed by atoms with Crippen molar-refractivity contribution in [3.05, 3.63) is 34.5 Å². The molecule has 0 unspecified atom stereocenters. The normalized spacial score (nSPS) is 11.2. The number of rotatable bonds is 5. The van der Waals surface area contributed by atoms with E-state index in [-0.39, 0.29) is 12.5 Å². The number of aromatic nitrogens is 2. The van der Waals surface area contributed by atoms with Crippen molar-refractivity contribution in [2.24, 2.45) is 5.92 Å². The number of hydrogen-bond acceptors (Lipinski definition) is 2. The Balaban J connectivity index is 2.11. The van der Waals surface area contributed by atoms with Gasteiger partial charge in [0.1, 0.15) is 12.4 Å². The van der Waals surface area contributed by atoms with E-state index in [9.17, 15) is 14.0 Å². The van der Waals surface area contributed by atoms with Gasteiger partial charge in [-0.1, -0.05) is 13.8 Å². The van der Waals surface area contributed by atoms with E-state index in [1.807, 2.05) is 0 Å². The van der Waals surface area contributed by atoms with Crippen LogP contribution in [-0.2, 0) is 11.3 Å². The predicted octanol–water partition coefficient (Wildman–Crippen LogP) is 1.63. The minimum absolute atomic E-state index is 0.0669. The van der Waals surface area contributed by atoms with Crippen LogP contribution in [0.5, 0.6) is 0 Å². The summed E-state index contributed by atoms with van der Waals surface area (Å²) >= 11 is 0. The molecule has 2 N–H and O–H groups in total. The number of halogens is 1. The van der Waals surface area contributed by atoms with Crippen molar-refractivity contribution in [2.75, 3.05) is 6.54 Å². The number of amides is 1. The number of aromatic amines is 1. The molecule has 0 saturated heterocycles. The van der Waals surface area contributed by atoms with Gasteiger partial charge in [0.15, 0.2) is 0 Å². The highest BCUT2D eigenvalue weighted by Gasteiger charge is 2.11. The van der Waals surface area contributed by atoms with Crippen LogP contribution in [0.4, 0.5) is 4.39 Å². The summed E-state index contributed by atoms with van der Waals surface area (Å²) in [5.74, 6) is -0.139. The summed E-state index contributed by atoms with van der Waals surface area (Å²) in [6.07, 6.45) is 0.889. The highest BCUT2D eigenvalue weighted by molar-refractivity contribution is 5.80. The van der Waals surface area contributed by atoms with E-state index < -0.39 is 11.5 Å². The molecule has 108 valence electrons. The Morgan fingerprint density at radius 2 is 2.20 bits per heavy atom. The van der Waals surface area contributed by atoms with Gasteiger partial charge in [0.05, 0.1) is 11.0 Å². The number of nitrogens with one attached hydrogen (secondary N) is 2. The molecule has 20 heavy (non-hydrogen) atoms. The Kier molecular flexibility index (Phi) is 4.22. The van der Waals surface area contributed by atoms with Crippen LogP contribution in [0.2, 0.25) is 0 Å². The fourth-order valence-corrected chi connectivity index (χ4v) is 1.99. The summed E-state index contributed by atoms with van der Waals surface area (Å²) in [6.45, 7) is 4.67. The summed E-state index contributed by atoms with van der Waals surface area (Å²) in [5, 5.41) is 2.77. The molecule has 0 aliphatic heterocycles. The molecule has 0 saturated carbocycles. The predicted molar refractivity (Wildman–Crippen MR) is 75.0 cm³/mol. The zero-order valence-electron chi connectivity index (χ0n) is 11.6. The largest absolute Gasteiger partial charge is 0.355 e. The molecule has 1 aromatic carbocycles. The molecule has 6 heteroatoms. The average molecular weight is 279 g/mol. The highest BCUT2D eigenvalue weighted by atomic mass is 19.1. The van der Waals surface area contributed by atoms with Crippen molar-refractivity contribution in [3.63, 3.8) is 0 Å². The molecule has 1 amide bonds. The van der Waals surface area contributed by atoms with Crippen LogP contribution in [0, 0.1) is 11.7 Å². The lowest BCUT2D eigenvalue weighted by Crippen LogP contribution is -2.32. The Bertz CT molecular complexity index is 673. The number of hydrogen-bond donors (Lipinski definition) is 2. The van der Waals surface area contributed by atoms with Crippen LogP contribution in [0.3, 0.4) is 0 Å². The van der Waals surface area contributed by atoms with Crippen molar-refractivity contribution in [3.8, 4) is 0 Å². The first-order valence-corrected chi connectivity index (χ1v) is 6.62. The van der Waals surface area contributed by atoms with Gasteiger partial charge < -0.3 is 10.3 Å². The van der Waals surface area contributed by atoms with Crippen molar-refractivity contribution in [1.82, 2.24) is 14.9 Å². The second kappa shape index (κ2) is 5.90. The first kappa shape index (κ1) is 14.3. The Morgan fingerprint density at radius 3 is 2.90 bits per heavy atom. The van der Waals surface area contributed by atoms with Gasteiger partial charge in [-0.05, 0) is 30.5 Å². The molecule has 0 fully saturated rings. The van der Waals surface area contributed by atoms with Gasteiger partial charge >= 0.3 is 5.69 Å². The van der Waals surface area contributed by atoms with Crippen LogP contribution < -0.4 is 11.0 Å². The number of carbonyl (C=O) groups is 1. The van der Waals surface area contributed by atoms with Crippen molar-refractivity contribution in [1.29, 1.82) is 0 Å². The first-order valence-electron chi connectivity index (χ1n) is 6.62. The Morgan fingerprint density at radius 1 is 1.45 bits per heavy atom. The second-order valence-corrected chi connectivity index (χ2v) is 5.21. The SMILES string of the molecule is CC(C)CCNC(=O)Cn1c(=O)[nH]c2cc(F)ccc21. The second-order valence-electron chi connectivity index (χ2n) is 5.21. The molecule has 2 aromatic rings. The molecular weight excluding hydrogens is 261 g/mol. The fraction of sp³-hybridized carbons (Fsp3) is 0.429. The number of carbonyl (C=O) groups excluding carboxylic acids is 1. The number of imidazole rings is 1. The molecule has 0 atom stereocenters. The molecule has 0 aliphatic carbocycles. The van der Waals surface area contributed by atoms with Crippen LogP contribution >= 0.6 is 0 Å². The van der Waals surface area contributed by atoms with Crippen molar-refractivity contribution >= 4 is 16.9 Å². The molecule has 1 aromatic heterocycles. The van der Waals surface area contributed by atoms with Gasteiger partial charge in [-0.3, -0.25) is 9.36 Å². The fourth-order valence-electron chi connectivity index (χ4n) is 1.99. The minimum atomic E-state index is -0.424. The average Bonchev–Trinajstić information content (AvgIpc) is 2.64. The van der Waals surface area contributed by atoms with Crippen molar-refractivity contribution in [2.45, 2.75) is 26.8 Å². The zero-order valence-corrected chi connectivity index (χ0v) is 11.6. The number of benzene rings is 1. The van der Waals surface area contributed by atoms with E-state index in [1.165, 1.54) is 22.8 Å². The van der Waals surface area contributed by atoms with E-state index in [0.717, 1.165) is 6.42 Å². The molecule has 5 nitrogen and oxygen atoms in total. The lowest BCUT2D eigenvalue weighted by molar-refractivity contribution is -0.121. The Hall–Kier alpha value is -2.11. The summed E-state index contributed by atoms with van der Waals surface area (Å²) in [5.41, 5.74) is 0.505. The lowest BCUT2D eigenvalue weighted by atomic mass is 10.1. The lowest BCUT2D eigenvalue weighted by Gasteiger charge is -2.07. The number of H-pyrrole nitrogens is 1. The monoisotopic (exact) mass is 279 g/mol. The van der Waals surface area contributed by atoms with Gasteiger partial charge in [-0.15, -0.1) is 0 Å². The third-order valence-electron chi connectivity index (χ3n) is 3.08. The summed E-state index contributed by atoms with van der Waals surface area (Å²) < 4.78 is 14.4. The molecule has 2 rings (SSSR count). The summed E-state index contributed by atoms with van der Waals surface area (Å²) in [6, 6.07) is 4.00. The van der Waals surface area contributed by atoms with E-state index in [0.29, 0.717) is 23.5 Å². The third-order valence-corrected chi connectivity index (χ3v) is 3.08. The molecule has 1 heterocycles. The Labute approximate surface area is 115 Å². The quantitative estimate of drug-likeness (QED) is 0.873. The van der Waals surface area contributed by atoms with Crippen LogP contribution in [-0.4, -0.2) is 22.0 Å². The summed E-state index contributed by atoms with van der Waals surface area (Å²) in [7, 11) is 0. The molecule has 0 spiro atoms. The van der Waals surface area contributed by atoms with Gasteiger partial charge in [0, 0.05) is 6.54 Å². The number of nitrogens with zero attached hydrogens (tertiary/aromatic N) is 1. The molecular formula is C14H18FN3O2. The first-order chi connectivity index (χ1) is 9.47. The maximum absolute atomic E-state index is 13.1. The van der Waals surface area contributed by atoms with Gasteiger partial charge in [-0.2, -0.15) is 0 Å². The molecule has 0 radical (unpaired) electrons. The summed E-state index contributed by atoms with van der Waals surface area (Å²) in [4.78, 5) is 26.1. The zero-order chi connectivity index (χ0) is 14.7. The maximum atomic E-state index is 13.1. The highest BCUT2D eigenvalue weighted by Crippen LogP contribution is 2.11. The van der Waals surface area contributed by atoms with Gasteiger partial charge in [0.25, 0.3) is 0 Å². The van der Waals surface area contributed by atoms with E-state index >= 15 is 0 Å². The standard InChI is InChI=1S/C14H18FN3O2/c1-9(2)5-6-16-13(19)8-18-12-4-3-10(15)7-11(12)17-14(18)20/h3-4,7,9H,5-6,8H2,1-2H3,(H,16,19)(H,17,20). The van der Waals surface area contributed by atoms with Gasteiger partial charge in [0.2, 0.25) is 5.91 Å². The van der Waals surface area contributed by atoms with Crippen molar-refractivity contribution < 1.29 is 9.18 Å². The van der Waals surface area contributed by atoms with E-state index in [2.05, 4.69) is 24.1 Å². The van der Waals surface area contributed by atoms with Crippen LogP contribution in [0.15, 0.2) is 23.0 Å². The molecule has 0 aliphatic rings. The maximum Gasteiger partial charge on any atom is 0.326 e. The van der Waals surface area contributed by atoms with Crippen LogP contribution in [0.1, 0.15) is 20.3 Å².